The summed E-state index contributed by atoms with van der Waals surface area (Å²) in [6.45, 7) is 4.28. The number of amides is 1. The van der Waals surface area contributed by atoms with E-state index in [-0.39, 0.29) is 12.0 Å². The molecule has 2 N–H and O–H groups in total. The molecular formula is C12H22N2O2. The highest BCUT2D eigenvalue weighted by Crippen LogP contribution is 2.27. The van der Waals surface area contributed by atoms with E-state index >= 15 is 0 Å². The molecule has 92 valence electrons. The molecule has 2 atom stereocenters. The smallest absolute Gasteiger partial charge is 0.234 e. The number of carbonyl (C=O) groups excluding carboxylic acids is 1. The Morgan fingerprint density at radius 2 is 2.19 bits per heavy atom. The predicted octanol–water partition coefficient (Wildman–Crippen LogP) is 0.670. The molecule has 0 aromatic rings. The van der Waals surface area contributed by atoms with Crippen LogP contribution in [0.4, 0.5) is 0 Å². The fourth-order valence-electron chi connectivity index (χ4n) is 2.12. The van der Waals surface area contributed by atoms with Gasteiger partial charge in [0.05, 0.1) is 12.6 Å². The van der Waals surface area contributed by atoms with Crippen molar-refractivity contribution in [1.29, 1.82) is 0 Å². The van der Waals surface area contributed by atoms with Gasteiger partial charge in [0.1, 0.15) is 0 Å². The summed E-state index contributed by atoms with van der Waals surface area (Å²) < 4.78 is 5.44. The third kappa shape index (κ3) is 4.10. The number of carbonyl (C=O) groups is 1. The Hall–Kier alpha value is -0.610. The lowest BCUT2D eigenvalue weighted by Crippen LogP contribution is -2.44. The molecule has 0 spiro atoms. The minimum absolute atomic E-state index is 0.125. The van der Waals surface area contributed by atoms with Crippen LogP contribution in [0.15, 0.2) is 0 Å². The van der Waals surface area contributed by atoms with Crippen LogP contribution < -0.4 is 10.6 Å². The third-order valence-electron chi connectivity index (χ3n) is 3.27. The predicted molar refractivity (Wildman–Crippen MR) is 62.2 cm³/mol. The monoisotopic (exact) mass is 226 g/mol. The fraction of sp³-hybridized carbons (Fsp3) is 0.917. The molecular weight excluding hydrogens is 204 g/mol. The van der Waals surface area contributed by atoms with Crippen LogP contribution in [-0.2, 0) is 9.53 Å². The van der Waals surface area contributed by atoms with Gasteiger partial charge in [-0.1, -0.05) is 0 Å². The quantitative estimate of drug-likeness (QED) is 0.724. The van der Waals surface area contributed by atoms with E-state index < -0.39 is 0 Å². The molecule has 2 aliphatic rings. The second-order valence-corrected chi connectivity index (χ2v) is 5.04. The number of rotatable bonds is 5. The number of hydrogen-bond acceptors (Lipinski definition) is 3. The SMILES string of the molecule is CC1CC(NC(=O)CNCC2CC2)CCO1. The average Bonchev–Trinajstić information content (AvgIpc) is 3.01. The molecule has 1 amide bonds. The van der Waals surface area contributed by atoms with E-state index in [1.54, 1.807) is 0 Å². The highest BCUT2D eigenvalue weighted by molar-refractivity contribution is 5.78. The van der Waals surface area contributed by atoms with Crippen LogP contribution in [0.2, 0.25) is 0 Å². The van der Waals surface area contributed by atoms with E-state index in [9.17, 15) is 4.79 Å². The van der Waals surface area contributed by atoms with Crippen molar-refractivity contribution in [1.82, 2.24) is 10.6 Å². The molecule has 2 fully saturated rings. The summed E-state index contributed by atoms with van der Waals surface area (Å²) >= 11 is 0. The van der Waals surface area contributed by atoms with Gasteiger partial charge in [0, 0.05) is 12.6 Å². The topological polar surface area (TPSA) is 50.4 Å². The lowest BCUT2D eigenvalue weighted by Gasteiger charge is -2.27. The maximum atomic E-state index is 11.6. The van der Waals surface area contributed by atoms with Crippen LogP contribution in [0.5, 0.6) is 0 Å². The van der Waals surface area contributed by atoms with Gasteiger partial charge in [0.25, 0.3) is 0 Å². The van der Waals surface area contributed by atoms with Crippen molar-refractivity contribution in [2.75, 3.05) is 19.7 Å². The van der Waals surface area contributed by atoms with Crippen molar-refractivity contribution in [3.63, 3.8) is 0 Å². The molecule has 1 heterocycles. The maximum absolute atomic E-state index is 11.6. The minimum atomic E-state index is 0.125. The first-order valence-electron chi connectivity index (χ1n) is 6.35. The van der Waals surface area contributed by atoms with Crippen LogP contribution in [0.25, 0.3) is 0 Å². The average molecular weight is 226 g/mol. The zero-order valence-corrected chi connectivity index (χ0v) is 10.00. The molecule has 16 heavy (non-hydrogen) atoms. The number of nitrogens with one attached hydrogen (secondary N) is 2. The van der Waals surface area contributed by atoms with Gasteiger partial charge in [-0.3, -0.25) is 4.79 Å². The van der Waals surface area contributed by atoms with Crippen molar-refractivity contribution >= 4 is 5.91 Å². The summed E-state index contributed by atoms with van der Waals surface area (Å²) in [5.74, 6) is 0.954. The first-order chi connectivity index (χ1) is 7.74. The zero-order chi connectivity index (χ0) is 11.4. The largest absolute Gasteiger partial charge is 0.378 e. The van der Waals surface area contributed by atoms with Gasteiger partial charge in [-0.15, -0.1) is 0 Å². The molecule has 0 aromatic carbocycles. The van der Waals surface area contributed by atoms with Crippen molar-refractivity contribution in [3.8, 4) is 0 Å². The van der Waals surface area contributed by atoms with E-state index in [0.717, 1.165) is 31.9 Å². The molecule has 0 radical (unpaired) electrons. The second-order valence-electron chi connectivity index (χ2n) is 5.04. The van der Waals surface area contributed by atoms with E-state index in [1.165, 1.54) is 12.8 Å². The van der Waals surface area contributed by atoms with Gasteiger partial charge >= 0.3 is 0 Å². The van der Waals surface area contributed by atoms with Gasteiger partial charge in [0.2, 0.25) is 5.91 Å². The van der Waals surface area contributed by atoms with E-state index in [2.05, 4.69) is 17.6 Å². The molecule has 0 aromatic heterocycles. The Labute approximate surface area is 97.1 Å². The highest BCUT2D eigenvalue weighted by Gasteiger charge is 2.22. The first-order valence-corrected chi connectivity index (χ1v) is 6.35. The van der Waals surface area contributed by atoms with Crippen molar-refractivity contribution in [2.24, 2.45) is 5.92 Å². The Bertz CT molecular complexity index is 241. The fourth-order valence-corrected chi connectivity index (χ4v) is 2.12. The van der Waals surface area contributed by atoms with Crippen LogP contribution in [0.3, 0.4) is 0 Å². The van der Waals surface area contributed by atoms with Gasteiger partial charge in [0.15, 0.2) is 0 Å². The van der Waals surface area contributed by atoms with E-state index in [1.807, 2.05) is 0 Å². The van der Waals surface area contributed by atoms with Crippen molar-refractivity contribution < 1.29 is 9.53 Å². The molecule has 1 saturated carbocycles. The van der Waals surface area contributed by atoms with Crippen LogP contribution in [0.1, 0.15) is 32.6 Å². The maximum Gasteiger partial charge on any atom is 0.234 e. The summed E-state index contributed by atoms with van der Waals surface area (Å²) in [5.41, 5.74) is 0. The minimum Gasteiger partial charge on any atom is -0.378 e. The Kier molecular flexibility index (Phi) is 4.18. The molecule has 1 saturated heterocycles. The molecule has 4 nitrogen and oxygen atoms in total. The Morgan fingerprint density at radius 1 is 1.38 bits per heavy atom. The van der Waals surface area contributed by atoms with Crippen molar-refractivity contribution in [2.45, 2.75) is 44.8 Å². The Balaban J connectivity index is 1.57. The summed E-state index contributed by atoms with van der Waals surface area (Å²) in [6, 6.07) is 0.305. The van der Waals surface area contributed by atoms with Gasteiger partial charge in [-0.25, -0.2) is 0 Å². The van der Waals surface area contributed by atoms with Gasteiger partial charge in [-0.05, 0) is 45.1 Å². The second kappa shape index (κ2) is 5.64. The lowest BCUT2D eigenvalue weighted by atomic mass is 10.0. The molecule has 2 rings (SSSR count). The van der Waals surface area contributed by atoms with Crippen LogP contribution >= 0.6 is 0 Å². The van der Waals surface area contributed by atoms with Crippen LogP contribution in [-0.4, -0.2) is 37.7 Å². The summed E-state index contributed by atoms with van der Waals surface area (Å²) in [7, 11) is 0. The molecule has 1 aliphatic heterocycles. The zero-order valence-electron chi connectivity index (χ0n) is 10.00. The normalized spacial score (nSPS) is 30.1. The molecule has 4 heteroatoms. The lowest BCUT2D eigenvalue weighted by molar-refractivity contribution is -0.121. The Morgan fingerprint density at radius 3 is 2.88 bits per heavy atom. The van der Waals surface area contributed by atoms with Crippen LogP contribution in [0, 0.1) is 5.92 Å². The van der Waals surface area contributed by atoms with E-state index in [0.29, 0.717) is 12.6 Å². The van der Waals surface area contributed by atoms with Crippen molar-refractivity contribution in [3.05, 3.63) is 0 Å². The number of hydrogen-bond donors (Lipinski definition) is 2. The first kappa shape index (κ1) is 11.9. The molecule has 1 aliphatic carbocycles. The summed E-state index contributed by atoms with van der Waals surface area (Å²) in [5, 5.41) is 6.27. The van der Waals surface area contributed by atoms with E-state index in [4.69, 9.17) is 4.74 Å². The molecule has 2 unspecified atom stereocenters. The summed E-state index contributed by atoms with van der Waals surface area (Å²) in [6.07, 6.45) is 4.81. The third-order valence-corrected chi connectivity index (χ3v) is 3.27. The molecule has 0 bridgehead atoms. The standard InChI is InChI=1S/C12H22N2O2/c1-9-6-11(4-5-16-9)14-12(15)8-13-7-10-2-3-10/h9-11,13H,2-8H2,1H3,(H,14,15). The summed E-state index contributed by atoms with van der Waals surface area (Å²) in [4.78, 5) is 11.6. The number of ether oxygens (including phenoxy) is 1. The van der Waals surface area contributed by atoms with Gasteiger partial charge in [-0.2, -0.15) is 0 Å². The highest BCUT2D eigenvalue weighted by atomic mass is 16.5. The van der Waals surface area contributed by atoms with Gasteiger partial charge < -0.3 is 15.4 Å².